The summed E-state index contributed by atoms with van der Waals surface area (Å²) in [6, 6.07) is 7.87. The normalized spacial score (nSPS) is 26.2. The van der Waals surface area contributed by atoms with Gasteiger partial charge in [0.2, 0.25) is 18.1 Å². The quantitative estimate of drug-likeness (QED) is 0.355. The summed E-state index contributed by atoms with van der Waals surface area (Å²) in [6.07, 6.45) is 5.06. The van der Waals surface area contributed by atoms with Gasteiger partial charge in [-0.2, -0.15) is 0 Å². The molecule has 3 aliphatic rings. The Bertz CT molecular complexity index is 1330. The SMILES string of the molecule is CC1(C(=O)NCC2CCCO2)COC(c2nc(-c3ccc(F)cc3)c(-c3ccnc(NCC4CCCO4)n3)[nH]2)OC1. The van der Waals surface area contributed by atoms with Crippen LogP contribution in [0.25, 0.3) is 22.6 Å². The number of anilines is 1. The molecule has 3 fully saturated rings. The topological polar surface area (TPSA) is 133 Å². The summed E-state index contributed by atoms with van der Waals surface area (Å²) in [7, 11) is 0. The molecule has 11 nitrogen and oxygen atoms in total. The molecular weight excluding hydrogens is 531 g/mol. The molecule has 0 aliphatic carbocycles. The first-order valence-electron chi connectivity index (χ1n) is 14.1. The number of ether oxygens (including phenoxy) is 4. The molecule has 41 heavy (non-hydrogen) atoms. The number of H-pyrrole nitrogens is 1. The van der Waals surface area contributed by atoms with Crippen LogP contribution in [0.5, 0.6) is 0 Å². The molecule has 2 aromatic heterocycles. The van der Waals surface area contributed by atoms with Crippen molar-refractivity contribution in [2.45, 2.75) is 51.1 Å². The van der Waals surface area contributed by atoms with Crippen LogP contribution in [0, 0.1) is 11.2 Å². The van der Waals surface area contributed by atoms with Crippen LogP contribution in [0.3, 0.4) is 0 Å². The van der Waals surface area contributed by atoms with Gasteiger partial charge >= 0.3 is 0 Å². The van der Waals surface area contributed by atoms with Crippen LogP contribution in [0.4, 0.5) is 10.3 Å². The van der Waals surface area contributed by atoms with Gasteiger partial charge in [-0.3, -0.25) is 4.79 Å². The van der Waals surface area contributed by atoms with Gasteiger partial charge < -0.3 is 34.6 Å². The Morgan fingerprint density at radius 3 is 2.39 bits per heavy atom. The number of carbonyl (C=O) groups excluding carboxylic acids is 1. The van der Waals surface area contributed by atoms with Crippen LogP contribution in [0.1, 0.15) is 44.7 Å². The summed E-state index contributed by atoms with van der Waals surface area (Å²) in [5, 5.41) is 6.23. The zero-order chi connectivity index (χ0) is 28.2. The lowest BCUT2D eigenvalue weighted by Crippen LogP contribution is -2.49. The van der Waals surface area contributed by atoms with Crippen molar-refractivity contribution < 1.29 is 28.1 Å². The van der Waals surface area contributed by atoms with Gasteiger partial charge in [-0.15, -0.1) is 0 Å². The average Bonchev–Trinajstić information content (AvgIpc) is 3.78. The van der Waals surface area contributed by atoms with E-state index in [2.05, 4.69) is 20.6 Å². The van der Waals surface area contributed by atoms with E-state index in [0.717, 1.165) is 38.9 Å². The van der Waals surface area contributed by atoms with E-state index >= 15 is 0 Å². The first-order chi connectivity index (χ1) is 20.0. The van der Waals surface area contributed by atoms with Crippen molar-refractivity contribution in [2.24, 2.45) is 5.41 Å². The van der Waals surface area contributed by atoms with Gasteiger partial charge in [0.25, 0.3) is 0 Å². The monoisotopic (exact) mass is 566 g/mol. The molecular formula is C29H35FN6O5. The molecule has 0 spiro atoms. The molecule has 1 amide bonds. The third-order valence-corrected chi connectivity index (χ3v) is 7.66. The van der Waals surface area contributed by atoms with E-state index in [4.69, 9.17) is 28.9 Å². The minimum atomic E-state index is -0.847. The lowest BCUT2D eigenvalue weighted by Gasteiger charge is -2.35. The number of hydrogen-bond acceptors (Lipinski definition) is 9. The number of carbonyl (C=O) groups is 1. The summed E-state index contributed by atoms with van der Waals surface area (Å²) in [5.74, 6) is 0.412. The van der Waals surface area contributed by atoms with Gasteiger partial charge in [0.1, 0.15) is 5.82 Å². The largest absolute Gasteiger partial charge is 0.376 e. The molecule has 5 heterocycles. The molecule has 0 saturated carbocycles. The van der Waals surface area contributed by atoms with Crippen LogP contribution >= 0.6 is 0 Å². The molecule has 2 atom stereocenters. The van der Waals surface area contributed by atoms with E-state index in [1.807, 2.05) is 6.92 Å². The molecule has 6 rings (SSSR count). The van der Waals surface area contributed by atoms with E-state index in [1.165, 1.54) is 12.1 Å². The first kappa shape index (κ1) is 27.7. The van der Waals surface area contributed by atoms with Gasteiger partial charge in [-0.05, 0) is 62.9 Å². The Hall–Kier alpha value is -3.45. The molecule has 1 aromatic carbocycles. The van der Waals surface area contributed by atoms with Crippen molar-refractivity contribution in [1.29, 1.82) is 0 Å². The number of rotatable bonds is 9. The summed E-state index contributed by atoms with van der Waals surface area (Å²) < 4.78 is 37.1. The van der Waals surface area contributed by atoms with Gasteiger partial charge in [-0.25, -0.2) is 19.3 Å². The number of benzene rings is 1. The van der Waals surface area contributed by atoms with Crippen LogP contribution in [0.2, 0.25) is 0 Å². The number of amides is 1. The third kappa shape index (κ3) is 6.40. The molecule has 0 radical (unpaired) electrons. The number of aromatic nitrogens is 4. The highest BCUT2D eigenvalue weighted by Gasteiger charge is 2.41. The molecule has 0 bridgehead atoms. The van der Waals surface area contributed by atoms with Crippen molar-refractivity contribution in [2.75, 3.05) is 44.8 Å². The number of aromatic amines is 1. The average molecular weight is 567 g/mol. The molecule has 2 unspecified atom stereocenters. The standard InChI is InChI=1S/C29H35FN6O5/c1-29(27(37)32-14-20-4-2-12-38-20)16-40-26(41-17-29)25-35-23(18-6-8-19(30)9-7-18)24(36-25)22-10-11-31-28(34-22)33-15-21-5-3-13-39-21/h6-11,20-21,26H,2-5,12-17H2,1H3,(H,32,37)(H,35,36)(H,31,33,34). The zero-order valence-electron chi connectivity index (χ0n) is 23.0. The van der Waals surface area contributed by atoms with E-state index in [-0.39, 0.29) is 37.1 Å². The van der Waals surface area contributed by atoms with Crippen LogP contribution < -0.4 is 10.6 Å². The molecule has 3 N–H and O–H groups in total. The Balaban J connectivity index is 1.19. The summed E-state index contributed by atoms with van der Waals surface area (Å²) in [5.41, 5.74) is 1.64. The van der Waals surface area contributed by atoms with Gasteiger partial charge in [0.05, 0.1) is 47.9 Å². The Labute approximate surface area is 237 Å². The summed E-state index contributed by atoms with van der Waals surface area (Å²) in [6.45, 7) is 4.73. The number of nitrogens with zero attached hydrogens (tertiary/aromatic N) is 3. The van der Waals surface area contributed by atoms with Crippen LogP contribution in [-0.4, -0.2) is 77.6 Å². The molecule has 3 aromatic rings. The summed E-state index contributed by atoms with van der Waals surface area (Å²) in [4.78, 5) is 30.1. The maximum atomic E-state index is 13.7. The second-order valence-electron chi connectivity index (χ2n) is 11.0. The molecule has 3 saturated heterocycles. The molecule has 3 aliphatic heterocycles. The lowest BCUT2D eigenvalue weighted by atomic mass is 9.91. The van der Waals surface area contributed by atoms with Crippen molar-refractivity contribution in [3.05, 3.63) is 48.2 Å². The number of imidazole rings is 1. The third-order valence-electron chi connectivity index (χ3n) is 7.66. The molecule has 218 valence electrons. The minimum Gasteiger partial charge on any atom is -0.376 e. The Morgan fingerprint density at radius 2 is 1.71 bits per heavy atom. The van der Waals surface area contributed by atoms with Crippen LogP contribution in [0.15, 0.2) is 36.5 Å². The van der Waals surface area contributed by atoms with E-state index in [0.29, 0.717) is 47.5 Å². The zero-order valence-corrected chi connectivity index (χ0v) is 23.0. The second-order valence-corrected chi connectivity index (χ2v) is 11.0. The Kier molecular flexibility index (Phi) is 8.24. The number of nitrogens with one attached hydrogen (secondary N) is 3. The van der Waals surface area contributed by atoms with E-state index in [1.54, 1.807) is 24.4 Å². The van der Waals surface area contributed by atoms with Crippen molar-refractivity contribution >= 4 is 11.9 Å². The van der Waals surface area contributed by atoms with Gasteiger partial charge in [-0.1, -0.05) is 0 Å². The van der Waals surface area contributed by atoms with Crippen molar-refractivity contribution in [1.82, 2.24) is 25.3 Å². The maximum absolute atomic E-state index is 13.7. The lowest BCUT2D eigenvalue weighted by molar-refractivity contribution is -0.231. The van der Waals surface area contributed by atoms with Gasteiger partial charge in [0.15, 0.2) is 5.82 Å². The fourth-order valence-electron chi connectivity index (χ4n) is 5.22. The van der Waals surface area contributed by atoms with Gasteiger partial charge in [0, 0.05) is 38.1 Å². The maximum Gasteiger partial charge on any atom is 0.230 e. The predicted octanol–water partition coefficient (Wildman–Crippen LogP) is 3.61. The van der Waals surface area contributed by atoms with E-state index < -0.39 is 11.7 Å². The highest BCUT2D eigenvalue weighted by atomic mass is 19.1. The fraction of sp³-hybridized carbons (Fsp3) is 0.517. The number of hydrogen-bond donors (Lipinski definition) is 3. The first-order valence-corrected chi connectivity index (χ1v) is 14.1. The smallest absolute Gasteiger partial charge is 0.230 e. The highest BCUT2D eigenvalue weighted by Crippen LogP contribution is 2.35. The van der Waals surface area contributed by atoms with Crippen molar-refractivity contribution in [3.8, 4) is 22.6 Å². The number of halogens is 1. The minimum absolute atomic E-state index is 0.0562. The van der Waals surface area contributed by atoms with E-state index in [9.17, 15) is 9.18 Å². The van der Waals surface area contributed by atoms with Crippen molar-refractivity contribution in [3.63, 3.8) is 0 Å². The predicted molar refractivity (Wildman–Crippen MR) is 147 cm³/mol. The Morgan fingerprint density at radius 1 is 1.00 bits per heavy atom. The van der Waals surface area contributed by atoms with Crippen LogP contribution in [-0.2, 0) is 23.7 Å². The second kappa shape index (κ2) is 12.2. The fourth-order valence-corrected chi connectivity index (χ4v) is 5.22. The molecule has 12 heteroatoms. The summed E-state index contributed by atoms with van der Waals surface area (Å²) >= 11 is 0. The highest BCUT2D eigenvalue weighted by molar-refractivity contribution is 5.82.